The number of nitrogens with zero attached hydrogens (tertiary/aromatic N) is 1. The lowest BCUT2D eigenvalue weighted by Crippen LogP contribution is -2.49. The van der Waals surface area contributed by atoms with Crippen molar-refractivity contribution >= 4 is 11.4 Å². The Morgan fingerprint density at radius 1 is 1.27 bits per heavy atom. The van der Waals surface area contributed by atoms with E-state index in [1.807, 2.05) is 0 Å². The SMILES string of the molecule is C=C1c2ccc3c(c2C(C)CN1CC(C)(N)CCCCC1=CC(C)=CCC1)CCN3. The molecule has 0 aromatic heterocycles. The summed E-state index contributed by atoms with van der Waals surface area (Å²) in [6.45, 7) is 14.2. The van der Waals surface area contributed by atoms with Crippen molar-refractivity contribution in [3.05, 3.63) is 58.7 Å². The second kappa shape index (κ2) is 8.63. The van der Waals surface area contributed by atoms with E-state index in [0.717, 1.165) is 38.2 Å². The molecule has 1 aromatic carbocycles. The molecule has 0 bridgehead atoms. The third-order valence-corrected chi connectivity index (χ3v) is 7.14. The molecule has 4 rings (SSSR count). The van der Waals surface area contributed by atoms with Gasteiger partial charge in [-0.2, -0.15) is 0 Å². The number of allylic oxidation sites excluding steroid dienone is 4. The van der Waals surface area contributed by atoms with Gasteiger partial charge in [-0.05, 0) is 75.5 Å². The van der Waals surface area contributed by atoms with Crippen LogP contribution in [-0.4, -0.2) is 30.1 Å². The first-order chi connectivity index (χ1) is 14.3. The number of unbranched alkanes of at least 4 members (excludes halogenated alkanes) is 1. The highest BCUT2D eigenvalue weighted by atomic mass is 15.2. The molecule has 2 unspecified atom stereocenters. The molecule has 1 aliphatic carbocycles. The molecule has 3 nitrogen and oxygen atoms in total. The van der Waals surface area contributed by atoms with Crippen LogP contribution >= 0.6 is 0 Å². The normalized spacial score (nSPS) is 22.6. The minimum atomic E-state index is -0.185. The Labute approximate surface area is 183 Å². The Morgan fingerprint density at radius 2 is 2.10 bits per heavy atom. The molecule has 0 amide bonds. The summed E-state index contributed by atoms with van der Waals surface area (Å²) in [7, 11) is 0. The van der Waals surface area contributed by atoms with Gasteiger partial charge in [0, 0.05) is 42.1 Å². The van der Waals surface area contributed by atoms with Gasteiger partial charge < -0.3 is 16.0 Å². The predicted molar refractivity (Wildman–Crippen MR) is 130 cm³/mol. The lowest BCUT2D eigenvalue weighted by molar-refractivity contribution is 0.266. The van der Waals surface area contributed by atoms with Crippen molar-refractivity contribution in [2.45, 2.75) is 77.2 Å². The van der Waals surface area contributed by atoms with E-state index in [2.05, 4.69) is 61.9 Å². The van der Waals surface area contributed by atoms with Crippen LogP contribution in [0.5, 0.6) is 0 Å². The number of benzene rings is 1. The van der Waals surface area contributed by atoms with Crippen LogP contribution in [0.15, 0.2) is 42.0 Å². The largest absolute Gasteiger partial charge is 0.384 e. The second-order valence-electron chi connectivity index (χ2n) is 10.1. The lowest BCUT2D eigenvalue weighted by atomic mass is 9.83. The van der Waals surface area contributed by atoms with Crippen molar-refractivity contribution in [2.24, 2.45) is 5.73 Å². The fourth-order valence-electron chi connectivity index (χ4n) is 5.63. The maximum absolute atomic E-state index is 6.79. The third-order valence-electron chi connectivity index (χ3n) is 7.14. The number of fused-ring (bicyclic) bond motifs is 3. The first-order valence-corrected chi connectivity index (χ1v) is 11.8. The molecular formula is C27H39N3. The van der Waals surface area contributed by atoms with Crippen LogP contribution in [0.4, 0.5) is 5.69 Å². The van der Waals surface area contributed by atoms with Crippen LogP contribution in [-0.2, 0) is 6.42 Å². The molecule has 3 aliphatic rings. The number of hydrogen-bond donors (Lipinski definition) is 2. The average molecular weight is 406 g/mol. The van der Waals surface area contributed by atoms with Crippen molar-refractivity contribution in [3.8, 4) is 0 Å². The zero-order chi connectivity index (χ0) is 21.3. The number of rotatable bonds is 7. The van der Waals surface area contributed by atoms with Crippen molar-refractivity contribution in [1.29, 1.82) is 0 Å². The number of anilines is 1. The molecule has 0 saturated carbocycles. The van der Waals surface area contributed by atoms with Gasteiger partial charge in [0.2, 0.25) is 0 Å². The molecule has 0 spiro atoms. The van der Waals surface area contributed by atoms with Crippen LogP contribution in [0.2, 0.25) is 0 Å². The van der Waals surface area contributed by atoms with Gasteiger partial charge in [-0.15, -0.1) is 0 Å². The highest BCUT2D eigenvalue weighted by Crippen LogP contribution is 2.41. The first kappa shape index (κ1) is 21.2. The van der Waals surface area contributed by atoms with E-state index < -0.39 is 0 Å². The summed E-state index contributed by atoms with van der Waals surface area (Å²) >= 11 is 0. The van der Waals surface area contributed by atoms with Gasteiger partial charge in [0.1, 0.15) is 0 Å². The molecule has 162 valence electrons. The zero-order valence-corrected chi connectivity index (χ0v) is 19.2. The van der Waals surface area contributed by atoms with E-state index >= 15 is 0 Å². The van der Waals surface area contributed by atoms with Gasteiger partial charge in [-0.1, -0.05) is 49.3 Å². The first-order valence-electron chi connectivity index (χ1n) is 11.8. The van der Waals surface area contributed by atoms with Crippen molar-refractivity contribution < 1.29 is 0 Å². The van der Waals surface area contributed by atoms with Crippen LogP contribution < -0.4 is 11.1 Å². The Hall–Kier alpha value is -2.00. The Balaban J connectivity index is 1.34. The van der Waals surface area contributed by atoms with E-state index in [4.69, 9.17) is 5.73 Å². The minimum Gasteiger partial charge on any atom is -0.384 e. The van der Waals surface area contributed by atoms with E-state index in [1.54, 1.807) is 5.57 Å². The molecule has 30 heavy (non-hydrogen) atoms. The summed E-state index contributed by atoms with van der Waals surface area (Å²) in [6.07, 6.45) is 13.0. The van der Waals surface area contributed by atoms with Gasteiger partial charge >= 0.3 is 0 Å². The standard InChI is InChI=1S/C27H39N3/c1-19-8-7-10-22(16-19)9-5-6-14-27(4,28)18-30-17-20(2)26-23(21(30)3)11-12-25-24(26)13-15-29-25/h8,11-12,16,20,29H,3,5-7,9-10,13-15,17-18,28H2,1-2,4H3. The maximum atomic E-state index is 6.79. The van der Waals surface area contributed by atoms with Gasteiger partial charge in [-0.25, -0.2) is 0 Å². The molecular weight excluding hydrogens is 366 g/mol. The summed E-state index contributed by atoms with van der Waals surface area (Å²) in [5.74, 6) is 0.519. The molecule has 3 N–H and O–H groups in total. The smallest absolute Gasteiger partial charge is 0.0376 e. The van der Waals surface area contributed by atoms with Crippen molar-refractivity contribution in [2.75, 3.05) is 25.0 Å². The topological polar surface area (TPSA) is 41.3 Å². The highest BCUT2D eigenvalue weighted by molar-refractivity contribution is 5.74. The van der Waals surface area contributed by atoms with Crippen LogP contribution in [0.25, 0.3) is 5.70 Å². The minimum absolute atomic E-state index is 0.185. The third kappa shape index (κ3) is 4.51. The van der Waals surface area contributed by atoms with Crippen LogP contribution in [0.3, 0.4) is 0 Å². The highest BCUT2D eigenvalue weighted by Gasteiger charge is 2.32. The van der Waals surface area contributed by atoms with Gasteiger partial charge in [0.25, 0.3) is 0 Å². The molecule has 1 aromatic rings. The summed E-state index contributed by atoms with van der Waals surface area (Å²) in [4.78, 5) is 2.44. The zero-order valence-electron chi connectivity index (χ0n) is 19.2. The van der Waals surface area contributed by atoms with Crippen LogP contribution in [0, 0.1) is 0 Å². The predicted octanol–water partition coefficient (Wildman–Crippen LogP) is 5.99. The average Bonchev–Trinajstić information content (AvgIpc) is 3.17. The van der Waals surface area contributed by atoms with E-state index in [9.17, 15) is 0 Å². The fourth-order valence-corrected chi connectivity index (χ4v) is 5.63. The van der Waals surface area contributed by atoms with Crippen molar-refractivity contribution in [1.82, 2.24) is 4.90 Å². The summed E-state index contributed by atoms with van der Waals surface area (Å²) in [5, 5.41) is 3.52. The summed E-state index contributed by atoms with van der Waals surface area (Å²) < 4.78 is 0. The quantitative estimate of drug-likeness (QED) is 0.548. The number of nitrogens with one attached hydrogen (secondary N) is 1. The van der Waals surface area contributed by atoms with Crippen molar-refractivity contribution in [3.63, 3.8) is 0 Å². The molecule has 3 heteroatoms. The monoisotopic (exact) mass is 405 g/mol. The van der Waals surface area contributed by atoms with Crippen LogP contribution in [0.1, 0.15) is 81.9 Å². The number of hydrogen-bond acceptors (Lipinski definition) is 3. The number of nitrogens with two attached hydrogens (primary N) is 1. The summed E-state index contributed by atoms with van der Waals surface area (Å²) in [5.41, 5.74) is 16.5. The lowest BCUT2D eigenvalue weighted by Gasteiger charge is -2.41. The Bertz CT molecular complexity index is 874. The van der Waals surface area contributed by atoms with Gasteiger partial charge in [-0.3, -0.25) is 0 Å². The van der Waals surface area contributed by atoms with E-state index in [0.29, 0.717) is 5.92 Å². The van der Waals surface area contributed by atoms with E-state index in [-0.39, 0.29) is 5.54 Å². The Kier molecular flexibility index (Phi) is 6.11. The molecule has 2 atom stereocenters. The molecule has 2 heterocycles. The molecule has 2 aliphatic heterocycles. The second-order valence-corrected chi connectivity index (χ2v) is 10.1. The molecule has 0 fully saturated rings. The maximum Gasteiger partial charge on any atom is 0.0376 e. The fraction of sp³-hybridized carbons (Fsp3) is 0.556. The van der Waals surface area contributed by atoms with E-state index in [1.165, 1.54) is 60.1 Å². The van der Waals surface area contributed by atoms with Gasteiger partial charge in [0.05, 0.1) is 0 Å². The Morgan fingerprint density at radius 3 is 2.90 bits per heavy atom. The molecule has 0 saturated heterocycles. The molecule has 0 radical (unpaired) electrons. The van der Waals surface area contributed by atoms with Gasteiger partial charge in [0.15, 0.2) is 0 Å². The summed E-state index contributed by atoms with van der Waals surface area (Å²) in [6, 6.07) is 4.50.